The minimum atomic E-state index is -0.229. The normalized spacial score (nSPS) is 18.5. The summed E-state index contributed by atoms with van der Waals surface area (Å²) in [5.74, 6) is -0.223. The first-order valence-corrected chi connectivity index (χ1v) is 5.96. The second-order valence-corrected chi connectivity index (χ2v) is 4.74. The summed E-state index contributed by atoms with van der Waals surface area (Å²) in [5.41, 5.74) is 0.307. The molecular weight excluding hydrogens is 307 g/mol. The molecule has 1 heterocycles. The first kappa shape index (κ1) is 14.3. The molecule has 0 aromatic heterocycles. The maximum absolute atomic E-state index is 11.9. The molecule has 1 aliphatic rings. The summed E-state index contributed by atoms with van der Waals surface area (Å²) in [7, 11) is 0. The van der Waals surface area contributed by atoms with Crippen LogP contribution < -0.4 is 10.6 Å². The number of hydrogen-bond donors (Lipinski definition) is 3. The van der Waals surface area contributed by atoms with Gasteiger partial charge in [0.25, 0.3) is 5.91 Å². The van der Waals surface area contributed by atoms with Gasteiger partial charge in [-0.3, -0.25) is 4.79 Å². The molecule has 17 heavy (non-hydrogen) atoms. The van der Waals surface area contributed by atoms with E-state index in [-0.39, 0.29) is 30.1 Å². The van der Waals surface area contributed by atoms with Gasteiger partial charge in [0.1, 0.15) is 5.75 Å². The van der Waals surface area contributed by atoms with Gasteiger partial charge in [0, 0.05) is 17.1 Å². The Kier molecular flexibility index (Phi) is 5.24. The van der Waals surface area contributed by atoms with Crippen molar-refractivity contribution in [2.24, 2.45) is 0 Å². The Labute approximate surface area is 114 Å². The number of carbonyl (C=O) groups is 1. The zero-order chi connectivity index (χ0) is 11.5. The minimum Gasteiger partial charge on any atom is -0.507 e. The average Bonchev–Trinajstić information content (AvgIpc) is 2.74. The van der Waals surface area contributed by atoms with Crippen molar-refractivity contribution in [2.45, 2.75) is 12.5 Å². The van der Waals surface area contributed by atoms with Crippen molar-refractivity contribution in [3.05, 3.63) is 28.2 Å². The molecule has 1 unspecified atom stereocenters. The standard InChI is InChI=1S/C11H13BrN2O2.ClH/c12-7-1-2-10(15)9(5-7)11(16)14-8-3-4-13-6-8;/h1-2,5,8,13,15H,3-4,6H2,(H,14,16);1H. The van der Waals surface area contributed by atoms with E-state index in [9.17, 15) is 9.90 Å². The molecule has 1 atom stereocenters. The summed E-state index contributed by atoms with van der Waals surface area (Å²) < 4.78 is 0.778. The highest BCUT2D eigenvalue weighted by atomic mass is 79.9. The van der Waals surface area contributed by atoms with Gasteiger partial charge in [0.05, 0.1) is 5.56 Å². The maximum Gasteiger partial charge on any atom is 0.255 e. The van der Waals surface area contributed by atoms with Crippen molar-refractivity contribution in [3.8, 4) is 5.75 Å². The predicted molar refractivity (Wildman–Crippen MR) is 71.8 cm³/mol. The van der Waals surface area contributed by atoms with Crippen LogP contribution in [0.3, 0.4) is 0 Å². The Morgan fingerprint density at radius 3 is 2.94 bits per heavy atom. The van der Waals surface area contributed by atoms with Crippen LogP contribution in [0.4, 0.5) is 0 Å². The van der Waals surface area contributed by atoms with E-state index >= 15 is 0 Å². The zero-order valence-electron chi connectivity index (χ0n) is 9.07. The van der Waals surface area contributed by atoms with Gasteiger partial charge in [-0.2, -0.15) is 0 Å². The molecule has 0 radical (unpaired) electrons. The Bertz CT molecular complexity index is 408. The molecule has 2 rings (SSSR count). The molecule has 1 aromatic rings. The first-order valence-electron chi connectivity index (χ1n) is 5.17. The number of aromatic hydroxyl groups is 1. The smallest absolute Gasteiger partial charge is 0.255 e. The van der Waals surface area contributed by atoms with Gasteiger partial charge in [-0.1, -0.05) is 15.9 Å². The summed E-state index contributed by atoms with van der Waals surface area (Å²) in [6.07, 6.45) is 0.931. The predicted octanol–water partition coefficient (Wildman–Crippen LogP) is 1.67. The minimum absolute atomic E-state index is 0. The van der Waals surface area contributed by atoms with E-state index in [1.807, 2.05) is 0 Å². The lowest BCUT2D eigenvalue weighted by Gasteiger charge is -2.12. The zero-order valence-corrected chi connectivity index (χ0v) is 11.5. The van der Waals surface area contributed by atoms with Crippen molar-refractivity contribution in [1.29, 1.82) is 0 Å². The van der Waals surface area contributed by atoms with Crippen LogP contribution in [0.1, 0.15) is 16.8 Å². The molecule has 6 heteroatoms. The van der Waals surface area contributed by atoms with Crippen molar-refractivity contribution in [1.82, 2.24) is 10.6 Å². The van der Waals surface area contributed by atoms with Crippen molar-refractivity contribution >= 4 is 34.2 Å². The highest BCUT2D eigenvalue weighted by Gasteiger charge is 2.19. The molecule has 4 nitrogen and oxygen atoms in total. The number of rotatable bonds is 2. The van der Waals surface area contributed by atoms with Gasteiger partial charge < -0.3 is 15.7 Å². The summed E-state index contributed by atoms with van der Waals surface area (Å²) in [6.45, 7) is 1.72. The largest absolute Gasteiger partial charge is 0.507 e. The van der Waals surface area contributed by atoms with E-state index in [4.69, 9.17) is 0 Å². The first-order chi connectivity index (χ1) is 7.66. The number of phenols is 1. The van der Waals surface area contributed by atoms with Crippen molar-refractivity contribution in [2.75, 3.05) is 13.1 Å². The lowest BCUT2D eigenvalue weighted by Crippen LogP contribution is -2.36. The number of nitrogens with one attached hydrogen (secondary N) is 2. The van der Waals surface area contributed by atoms with Crippen LogP contribution in [0.5, 0.6) is 5.75 Å². The third kappa shape index (κ3) is 3.59. The third-order valence-electron chi connectivity index (χ3n) is 2.60. The molecule has 94 valence electrons. The molecule has 0 aliphatic carbocycles. The van der Waals surface area contributed by atoms with E-state index in [1.165, 1.54) is 6.07 Å². The number of phenolic OH excluding ortho intramolecular Hbond substituents is 1. The highest BCUT2D eigenvalue weighted by molar-refractivity contribution is 9.10. The Morgan fingerprint density at radius 1 is 1.53 bits per heavy atom. The third-order valence-corrected chi connectivity index (χ3v) is 3.09. The van der Waals surface area contributed by atoms with E-state index in [1.54, 1.807) is 12.1 Å². The van der Waals surface area contributed by atoms with E-state index in [0.717, 1.165) is 24.0 Å². The van der Waals surface area contributed by atoms with Gasteiger partial charge in [-0.15, -0.1) is 12.4 Å². The molecule has 1 fully saturated rings. The fourth-order valence-electron chi connectivity index (χ4n) is 1.73. The summed E-state index contributed by atoms with van der Waals surface area (Å²) in [5, 5.41) is 15.6. The molecule has 1 aliphatic heterocycles. The topological polar surface area (TPSA) is 61.4 Å². The quantitative estimate of drug-likeness (QED) is 0.776. The van der Waals surface area contributed by atoms with Gasteiger partial charge >= 0.3 is 0 Å². The second-order valence-electron chi connectivity index (χ2n) is 3.82. The Hall–Kier alpha value is -0.780. The fourth-order valence-corrected chi connectivity index (χ4v) is 2.09. The average molecular weight is 322 g/mol. The number of carbonyl (C=O) groups excluding carboxylic acids is 1. The SMILES string of the molecule is Cl.O=C(NC1CCNC1)c1cc(Br)ccc1O. The van der Waals surface area contributed by atoms with Crippen LogP contribution >= 0.6 is 28.3 Å². The molecule has 3 N–H and O–H groups in total. The van der Waals surface area contributed by atoms with Crippen LogP contribution in [-0.4, -0.2) is 30.1 Å². The molecule has 0 spiro atoms. The second kappa shape index (κ2) is 6.23. The van der Waals surface area contributed by atoms with Crippen LogP contribution in [0.2, 0.25) is 0 Å². The van der Waals surface area contributed by atoms with Crippen LogP contribution in [0.25, 0.3) is 0 Å². The number of halogens is 2. The lowest BCUT2D eigenvalue weighted by atomic mass is 10.1. The monoisotopic (exact) mass is 320 g/mol. The molecule has 1 saturated heterocycles. The molecule has 0 bridgehead atoms. The van der Waals surface area contributed by atoms with Crippen LogP contribution in [0.15, 0.2) is 22.7 Å². The lowest BCUT2D eigenvalue weighted by molar-refractivity contribution is 0.0937. The van der Waals surface area contributed by atoms with Gasteiger partial charge in [0.2, 0.25) is 0 Å². The van der Waals surface area contributed by atoms with Gasteiger partial charge in [-0.05, 0) is 31.2 Å². The van der Waals surface area contributed by atoms with E-state index < -0.39 is 0 Å². The maximum atomic E-state index is 11.9. The summed E-state index contributed by atoms with van der Waals surface area (Å²) >= 11 is 3.27. The van der Waals surface area contributed by atoms with E-state index in [0.29, 0.717) is 5.56 Å². The number of amides is 1. The van der Waals surface area contributed by atoms with Crippen LogP contribution in [0, 0.1) is 0 Å². The van der Waals surface area contributed by atoms with Crippen molar-refractivity contribution in [3.63, 3.8) is 0 Å². The molecule has 1 amide bonds. The molecule has 0 saturated carbocycles. The number of benzene rings is 1. The summed E-state index contributed by atoms with van der Waals surface area (Å²) in [4.78, 5) is 11.9. The van der Waals surface area contributed by atoms with Gasteiger partial charge in [-0.25, -0.2) is 0 Å². The summed E-state index contributed by atoms with van der Waals surface area (Å²) in [6, 6.07) is 4.98. The Morgan fingerprint density at radius 2 is 2.29 bits per heavy atom. The highest BCUT2D eigenvalue weighted by Crippen LogP contribution is 2.21. The Balaban J connectivity index is 0.00000144. The van der Waals surface area contributed by atoms with Crippen LogP contribution in [-0.2, 0) is 0 Å². The molecular formula is C11H14BrClN2O2. The van der Waals surface area contributed by atoms with E-state index in [2.05, 4.69) is 26.6 Å². The number of hydrogen-bond acceptors (Lipinski definition) is 3. The molecule has 1 aromatic carbocycles. The van der Waals surface area contributed by atoms with Crippen molar-refractivity contribution < 1.29 is 9.90 Å². The van der Waals surface area contributed by atoms with Gasteiger partial charge in [0.15, 0.2) is 0 Å². The fraction of sp³-hybridized carbons (Fsp3) is 0.364.